The Hall–Kier alpha value is -3.07. The number of carbonyl (C=O) groups excluding carboxylic acids is 1. The van der Waals surface area contributed by atoms with Gasteiger partial charge in [0.2, 0.25) is 0 Å². The highest BCUT2D eigenvalue weighted by atomic mass is 16.7. The van der Waals surface area contributed by atoms with Crippen LogP contribution in [0, 0.1) is 0 Å². The fourth-order valence-electron chi connectivity index (χ4n) is 4.14. The molecule has 0 aliphatic carbocycles. The molecule has 1 aliphatic rings. The van der Waals surface area contributed by atoms with Crippen molar-refractivity contribution in [3.8, 4) is 0 Å². The smallest absolute Gasteiger partial charge is 0.303 e. The van der Waals surface area contributed by atoms with Gasteiger partial charge in [-0.3, -0.25) is 4.79 Å². The quantitative estimate of drug-likeness (QED) is 0.405. The first-order chi connectivity index (χ1) is 17.6. The van der Waals surface area contributed by atoms with Crippen molar-refractivity contribution in [2.75, 3.05) is 6.61 Å². The lowest BCUT2D eigenvalue weighted by Crippen LogP contribution is -2.61. The van der Waals surface area contributed by atoms with Crippen LogP contribution in [-0.4, -0.2) is 48.4 Å². The molecule has 1 N–H and O–H groups in total. The topological polar surface area (TPSA) is 83.5 Å². The molecule has 0 saturated carbocycles. The van der Waals surface area contributed by atoms with Crippen LogP contribution in [0.5, 0.6) is 0 Å². The normalized spacial score (nSPS) is 23.8. The molecule has 3 aromatic rings. The molecule has 1 saturated heterocycles. The monoisotopic (exact) mass is 492 g/mol. The minimum atomic E-state index is -1.39. The van der Waals surface area contributed by atoms with Crippen LogP contribution in [0.25, 0.3) is 0 Å². The van der Waals surface area contributed by atoms with Crippen molar-refractivity contribution in [2.45, 2.75) is 57.5 Å². The summed E-state index contributed by atoms with van der Waals surface area (Å²) < 4.78 is 29.8. The van der Waals surface area contributed by atoms with Gasteiger partial charge in [-0.05, 0) is 16.7 Å². The van der Waals surface area contributed by atoms with E-state index in [-0.39, 0.29) is 19.8 Å². The zero-order chi connectivity index (χ0) is 25.2. The summed E-state index contributed by atoms with van der Waals surface area (Å²) in [4.78, 5) is 11.9. The molecule has 190 valence electrons. The lowest BCUT2D eigenvalue weighted by atomic mass is 9.98. The maximum Gasteiger partial charge on any atom is 0.303 e. The second kappa shape index (κ2) is 13.3. The zero-order valence-corrected chi connectivity index (χ0v) is 20.3. The summed E-state index contributed by atoms with van der Waals surface area (Å²) in [7, 11) is 0. The number of hydrogen-bond acceptors (Lipinski definition) is 7. The van der Waals surface area contributed by atoms with Crippen LogP contribution in [0.3, 0.4) is 0 Å². The Morgan fingerprint density at radius 1 is 0.722 bits per heavy atom. The van der Waals surface area contributed by atoms with Crippen LogP contribution in [0.4, 0.5) is 0 Å². The number of benzene rings is 3. The number of rotatable bonds is 11. The van der Waals surface area contributed by atoms with Gasteiger partial charge in [0.05, 0.1) is 26.4 Å². The Kier molecular flexibility index (Phi) is 9.61. The Balaban J connectivity index is 1.53. The van der Waals surface area contributed by atoms with Crippen molar-refractivity contribution >= 4 is 5.97 Å². The SMILES string of the molecule is CC(=O)OC1C(O)OC(COCc2ccccc2)[C@H](OCc2ccccc2)C1OCc1ccccc1. The molecule has 4 rings (SSSR count). The van der Waals surface area contributed by atoms with Crippen molar-refractivity contribution in [1.29, 1.82) is 0 Å². The van der Waals surface area contributed by atoms with E-state index in [0.29, 0.717) is 6.61 Å². The van der Waals surface area contributed by atoms with Crippen molar-refractivity contribution in [3.05, 3.63) is 108 Å². The number of carbonyl (C=O) groups is 1. The highest BCUT2D eigenvalue weighted by Gasteiger charge is 2.49. The number of esters is 1. The molecule has 0 radical (unpaired) electrons. The summed E-state index contributed by atoms with van der Waals surface area (Å²) in [5.74, 6) is -0.545. The van der Waals surface area contributed by atoms with Crippen molar-refractivity contribution in [3.63, 3.8) is 0 Å². The molecule has 0 amide bonds. The van der Waals surface area contributed by atoms with Crippen LogP contribution in [0.2, 0.25) is 0 Å². The first-order valence-corrected chi connectivity index (χ1v) is 12.0. The molecule has 0 spiro atoms. The third kappa shape index (κ3) is 7.46. The Labute approximate surface area is 211 Å². The van der Waals surface area contributed by atoms with Gasteiger partial charge in [0, 0.05) is 6.92 Å². The molecule has 1 heterocycles. The molecular formula is C29H32O7. The van der Waals surface area contributed by atoms with Crippen LogP contribution in [0.15, 0.2) is 91.0 Å². The van der Waals surface area contributed by atoms with Crippen LogP contribution < -0.4 is 0 Å². The minimum absolute atomic E-state index is 0.156. The second-order valence-electron chi connectivity index (χ2n) is 8.66. The van der Waals surface area contributed by atoms with E-state index >= 15 is 0 Å². The molecular weight excluding hydrogens is 460 g/mol. The fraction of sp³-hybridized carbons (Fsp3) is 0.345. The van der Waals surface area contributed by atoms with Gasteiger partial charge < -0.3 is 28.8 Å². The maximum absolute atomic E-state index is 11.9. The summed E-state index contributed by atoms with van der Waals surface area (Å²) in [5, 5.41) is 10.8. The molecule has 7 nitrogen and oxygen atoms in total. The summed E-state index contributed by atoms with van der Waals surface area (Å²) in [5.41, 5.74) is 2.93. The van der Waals surface area contributed by atoms with Crippen molar-refractivity contribution in [1.82, 2.24) is 0 Å². The van der Waals surface area contributed by atoms with Gasteiger partial charge in [-0.2, -0.15) is 0 Å². The Morgan fingerprint density at radius 3 is 1.69 bits per heavy atom. The molecule has 36 heavy (non-hydrogen) atoms. The molecule has 7 heteroatoms. The largest absolute Gasteiger partial charge is 0.454 e. The molecule has 1 fully saturated rings. The summed E-state index contributed by atoms with van der Waals surface area (Å²) >= 11 is 0. The van der Waals surface area contributed by atoms with E-state index in [0.717, 1.165) is 16.7 Å². The third-order valence-corrected chi connectivity index (χ3v) is 5.88. The van der Waals surface area contributed by atoms with Crippen molar-refractivity contribution in [2.24, 2.45) is 0 Å². The van der Waals surface area contributed by atoms with Crippen LogP contribution in [-0.2, 0) is 48.3 Å². The standard InChI is InChI=1S/C29H32O7/c1-21(30)35-28-27(34-19-24-15-9-4-10-16-24)26(33-18-23-13-7-3-8-14-23)25(36-29(28)31)20-32-17-22-11-5-2-6-12-22/h2-16,25-29,31H,17-20H2,1H3/t25?,26-,27?,28?,29?/m0/s1. The summed E-state index contributed by atoms with van der Waals surface area (Å²) in [6.45, 7) is 2.36. The van der Waals surface area contributed by atoms with Gasteiger partial charge in [-0.25, -0.2) is 0 Å². The van der Waals surface area contributed by atoms with E-state index in [1.54, 1.807) is 0 Å². The first-order valence-electron chi connectivity index (χ1n) is 12.0. The fourth-order valence-corrected chi connectivity index (χ4v) is 4.14. The van der Waals surface area contributed by atoms with Gasteiger partial charge >= 0.3 is 5.97 Å². The highest BCUT2D eigenvalue weighted by molar-refractivity contribution is 5.66. The van der Waals surface area contributed by atoms with Gasteiger partial charge in [0.1, 0.15) is 18.3 Å². The van der Waals surface area contributed by atoms with E-state index in [1.807, 2.05) is 91.0 Å². The summed E-state index contributed by atoms with van der Waals surface area (Å²) in [6.07, 6.45) is -4.56. The molecule has 3 aromatic carbocycles. The molecule has 1 aliphatic heterocycles. The van der Waals surface area contributed by atoms with E-state index in [4.69, 9.17) is 23.7 Å². The first kappa shape index (κ1) is 26.0. The van der Waals surface area contributed by atoms with E-state index in [2.05, 4.69) is 0 Å². The third-order valence-electron chi connectivity index (χ3n) is 5.88. The number of hydrogen-bond donors (Lipinski definition) is 1. The highest BCUT2D eigenvalue weighted by Crippen LogP contribution is 2.29. The lowest BCUT2D eigenvalue weighted by Gasteiger charge is -2.44. The average molecular weight is 493 g/mol. The predicted octanol–water partition coefficient (Wildman–Crippen LogP) is 4.02. The summed E-state index contributed by atoms with van der Waals surface area (Å²) in [6, 6.07) is 29.2. The molecule has 5 atom stereocenters. The van der Waals surface area contributed by atoms with E-state index < -0.39 is 36.7 Å². The van der Waals surface area contributed by atoms with Crippen LogP contribution in [0.1, 0.15) is 23.6 Å². The number of ether oxygens (including phenoxy) is 5. The number of aliphatic hydroxyl groups excluding tert-OH is 1. The van der Waals surface area contributed by atoms with Gasteiger partial charge in [0.25, 0.3) is 0 Å². The molecule has 0 aromatic heterocycles. The second-order valence-corrected chi connectivity index (χ2v) is 8.66. The average Bonchev–Trinajstić information content (AvgIpc) is 2.90. The molecule has 4 unspecified atom stereocenters. The zero-order valence-electron chi connectivity index (χ0n) is 20.3. The van der Waals surface area contributed by atoms with Gasteiger partial charge in [-0.1, -0.05) is 91.0 Å². The van der Waals surface area contributed by atoms with Gasteiger partial charge in [-0.15, -0.1) is 0 Å². The van der Waals surface area contributed by atoms with E-state index in [1.165, 1.54) is 6.92 Å². The maximum atomic E-state index is 11.9. The van der Waals surface area contributed by atoms with E-state index in [9.17, 15) is 9.90 Å². The van der Waals surface area contributed by atoms with Gasteiger partial charge in [0.15, 0.2) is 12.4 Å². The molecule has 0 bridgehead atoms. The Morgan fingerprint density at radius 2 is 1.19 bits per heavy atom. The van der Waals surface area contributed by atoms with Crippen LogP contribution >= 0.6 is 0 Å². The van der Waals surface area contributed by atoms with Crippen molar-refractivity contribution < 1.29 is 33.6 Å². The number of aliphatic hydroxyl groups is 1. The predicted molar refractivity (Wildman–Crippen MR) is 133 cm³/mol. The lowest BCUT2D eigenvalue weighted by molar-refractivity contribution is -0.309. The minimum Gasteiger partial charge on any atom is -0.454 e. The Bertz CT molecular complexity index is 1040.